The van der Waals surface area contributed by atoms with Crippen molar-refractivity contribution in [2.75, 3.05) is 11.5 Å². The number of thiocarbonyl (C=S) groups is 1. The molecule has 1 heterocycles. The van der Waals surface area contributed by atoms with Crippen molar-refractivity contribution >= 4 is 67.9 Å². The van der Waals surface area contributed by atoms with Crippen LogP contribution in [0.15, 0.2) is 51.8 Å². The van der Waals surface area contributed by atoms with Crippen LogP contribution in [0.25, 0.3) is 6.08 Å². The Hall–Kier alpha value is -2.16. The number of hydrogen-bond donors (Lipinski definition) is 0. The molecule has 0 N–H and O–H groups in total. The van der Waals surface area contributed by atoms with Crippen molar-refractivity contribution < 1.29 is 19.1 Å². The van der Waals surface area contributed by atoms with E-state index in [1.54, 1.807) is 24.3 Å². The SMILES string of the molecule is CCOc1cc(/C=C2/SC(=S)N(c3cccc(Br)c3)C2=O)ccc1OC(C)=O. The summed E-state index contributed by atoms with van der Waals surface area (Å²) in [5.74, 6) is 0.167. The summed E-state index contributed by atoms with van der Waals surface area (Å²) in [6.07, 6.45) is 1.75. The second-order valence-corrected chi connectivity index (χ2v) is 8.32. The summed E-state index contributed by atoms with van der Waals surface area (Å²) in [6.45, 7) is 3.59. The Morgan fingerprint density at radius 3 is 2.71 bits per heavy atom. The monoisotopic (exact) mass is 477 g/mol. The number of nitrogens with zero attached hydrogens (tertiary/aromatic N) is 1. The first-order chi connectivity index (χ1) is 13.4. The maximum Gasteiger partial charge on any atom is 0.308 e. The van der Waals surface area contributed by atoms with E-state index in [0.717, 1.165) is 10.0 Å². The normalized spacial score (nSPS) is 15.2. The Morgan fingerprint density at radius 1 is 1.25 bits per heavy atom. The first kappa shape index (κ1) is 20.6. The molecule has 8 heteroatoms. The van der Waals surface area contributed by atoms with Crippen LogP contribution in [-0.4, -0.2) is 22.8 Å². The van der Waals surface area contributed by atoms with Crippen LogP contribution in [-0.2, 0) is 9.59 Å². The highest BCUT2D eigenvalue weighted by molar-refractivity contribution is 9.10. The van der Waals surface area contributed by atoms with Crippen LogP contribution >= 0.6 is 39.9 Å². The highest BCUT2D eigenvalue weighted by Crippen LogP contribution is 2.37. The lowest BCUT2D eigenvalue weighted by Crippen LogP contribution is -2.27. The Balaban J connectivity index is 1.91. The number of hydrogen-bond acceptors (Lipinski definition) is 6. The van der Waals surface area contributed by atoms with E-state index in [2.05, 4.69) is 15.9 Å². The van der Waals surface area contributed by atoms with E-state index in [1.165, 1.54) is 23.6 Å². The van der Waals surface area contributed by atoms with Crippen molar-refractivity contribution in [3.05, 3.63) is 57.4 Å². The van der Waals surface area contributed by atoms with Gasteiger partial charge in [0.2, 0.25) is 0 Å². The molecular formula is C20H16BrNO4S2. The molecule has 0 radical (unpaired) electrons. The quantitative estimate of drug-likeness (QED) is 0.256. The molecule has 0 atom stereocenters. The van der Waals surface area contributed by atoms with Gasteiger partial charge in [0.15, 0.2) is 15.8 Å². The summed E-state index contributed by atoms with van der Waals surface area (Å²) in [6, 6.07) is 12.5. The zero-order chi connectivity index (χ0) is 20.3. The first-order valence-corrected chi connectivity index (χ1v) is 10.4. The number of esters is 1. The molecule has 1 fully saturated rings. The van der Waals surface area contributed by atoms with Gasteiger partial charge in [-0.3, -0.25) is 14.5 Å². The number of halogens is 1. The molecule has 3 rings (SSSR count). The fourth-order valence-corrected chi connectivity index (χ4v) is 4.26. The summed E-state index contributed by atoms with van der Waals surface area (Å²) in [5, 5.41) is 0. The van der Waals surface area contributed by atoms with Crippen molar-refractivity contribution in [2.45, 2.75) is 13.8 Å². The van der Waals surface area contributed by atoms with Crippen LogP contribution in [0.3, 0.4) is 0 Å². The Bertz CT molecular complexity index is 990. The fourth-order valence-electron chi connectivity index (χ4n) is 2.58. The number of amides is 1. The van der Waals surface area contributed by atoms with E-state index in [4.69, 9.17) is 21.7 Å². The van der Waals surface area contributed by atoms with Crippen LogP contribution in [0.1, 0.15) is 19.4 Å². The lowest BCUT2D eigenvalue weighted by Gasteiger charge is -2.14. The number of anilines is 1. The highest BCUT2D eigenvalue weighted by atomic mass is 79.9. The van der Waals surface area contributed by atoms with E-state index in [-0.39, 0.29) is 5.91 Å². The molecule has 0 aliphatic carbocycles. The number of ether oxygens (including phenoxy) is 2. The van der Waals surface area contributed by atoms with E-state index in [1.807, 2.05) is 31.2 Å². The second kappa shape index (κ2) is 8.89. The molecule has 0 unspecified atom stereocenters. The average Bonchev–Trinajstić information content (AvgIpc) is 2.90. The molecule has 144 valence electrons. The molecule has 2 aromatic carbocycles. The number of benzene rings is 2. The summed E-state index contributed by atoms with van der Waals surface area (Å²) >= 11 is 10.1. The van der Waals surface area contributed by atoms with E-state index >= 15 is 0 Å². The second-order valence-electron chi connectivity index (χ2n) is 5.73. The van der Waals surface area contributed by atoms with E-state index < -0.39 is 5.97 Å². The standard InChI is InChI=1S/C20H16BrNO4S2/c1-3-25-17-9-13(7-8-16(17)26-12(2)23)10-18-19(24)22(20(27)28-18)15-6-4-5-14(21)11-15/h4-11H,3H2,1-2H3/b18-10+. The van der Waals surface area contributed by atoms with Crippen molar-refractivity contribution in [2.24, 2.45) is 0 Å². The van der Waals surface area contributed by atoms with Crippen molar-refractivity contribution in [3.8, 4) is 11.5 Å². The summed E-state index contributed by atoms with van der Waals surface area (Å²) < 4.78 is 12.0. The lowest BCUT2D eigenvalue weighted by atomic mass is 10.1. The van der Waals surface area contributed by atoms with Crippen LogP contribution < -0.4 is 14.4 Å². The van der Waals surface area contributed by atoms with Gasteiger partial charge in [-0.25, -0.2) is 0 Å². The maximum absolute atomic E-state index is 12.9. The smallest absolute Gasteiger partial charge is 0.308 e. The third-order valence-electron chi connectivity index (χ3n) is 3.68. The van der Waals surface area contributed by atoms with Crippen molar-refractivity contribution in [1.29, 1.82) is 0 Å². The zero-order valence-corrected chi connectivity index (χ0v) is 18.3. The molecule has 28 heavy (non-hydrogen) atoms. The van der Waals surface area contributed by atoms with E-state index in [0.29, 0.717) is 33.0 Å². The van der Waals surface area contributed by atoms with Crippen molar-refractivity contribution in [1.82, 2.24) is 0 Å². The van der Waals surface area contributed by atoms with E-state index in [9.17, 15) is 9.59 Å². The Kier molecular flexibility index (Phi) is 6.53. The molecule has 1 amide bonds. The predicted molar refractivity (Wildman–Crippen MR) is 119 cm³/mol. The van der Waals surface area contributed by atoms with Gasteiger partial charge in [-0.2, -0.15) is 0 Å². The third kappa shape index (κ3) is 4.63. The molecule has 0 bridgehead atoms. The summed E-state index contributed by atoms with van der Waals surface area (Å²) in [4.78, 5) is 26.1. The Morgan fingerprint density at radius 2 is 2.04 bits per heavy atom. The van der Waals surface area contributed by atoms with Crippen LogP contribution in [0.4, 0.5) is 5.69 Å². The number of carbonyl (C=O) groups is 2. The van der Waals surface area contributed by atoms with Crippen LogP contribution in [0, 0.1) is 0 Å². The molecular weight excluding hydrogens is 462 g/mol. The number of thioether (sulfide) groups is 1. The lowest BCUT2D eigenvalue weighted by molar-refractivity contribution is -0.132. The largest absolute Gasteiger partial charge is 0.490 e. The molecule has 0 saturated carbocycles. The molecule has 1 aliphatic rings. The van der Waals surface area contributed by atoms with Gasteiger partial charge >= 0.3 is 5.97 Å². The topological polar surface area (TPSA) is 55.8 Å². The zero-order valence-electron chi connectivity index (χ0n) is 15.1. The predicted octanol–water partition coefficient (Wildman–Crippen LogP) is 5.18. The fraction of sp³-hybridized carbons (Fsp3) is 0.150. The molecule has 0 aromatic heterocycles. The van der Waals surface area contributed by atoms with Crippen LogP contribution in [0.2, 0.25) is 0 Å². The Labute approximate surface area is 180 Å². The molecule has 5 nitrogen and oxygen atoms in total. The first-order valence-electron chi connectivity index (χ1n) is 8.38. The number of carbonyl (C=O) groups excluding carboxylic acids is 2. The van der Waals surface area contributed by atoms with Gasteiger partial charge in [0.1, 0.15) is 0 Å². The van der Waals surface area contributed by atoms with Gasteiger partial charge in [0.25, 0.3) is 5.91 Å². The minimum atomic E-state index is -0.427. The average molecular weight is 478 g/mol. The maximum atomic E-state index is 12.9. The molecule has 1 aliphatic heterocycles. The summed E-state index contributed by atoms with van der Waals surface area (Å²) in [5.41, 5.74) is 1.45. The summed E-state index contributed by atoms with van der Waals surface area (Å²) in [7, 11) is 0. The van der Waals surface area contributed by atoms with Crippen molar-refractivity contribution in [3.63, 3.8) is 0 Å². The molecule has 2 aromatic rings. The van der Waals surface area contributed by atoms with Gasteiger partial charge in [-0.15, -0.1) is 0 Å². The minimum absolute atomic E-state index is 0.185. The van der Waals surface area contributed by atoms with Gasteiger partial charge in [-0.05, 0) is 48.9 Å². The molecule has 0 spiro atoms. The highest BCUT2D eigenvalue weighted by Gasteiger charge is 2.33. The number of rotatable bonds is 5. The third-order valence-corrected chi connectivity index (χ3v) is 5.47. The van der Waals surface area contributed by atoms with Gasteiger partial charge in [-0.1, -0.05) is 52.0 Å². The van der Waals surface area contributed by atoms with Gasteiger partial charge in [0, 0.05) is 11.4 Å². The van der Waals surface area contributed by atoms with Crippen LogP contribution in [0.5, 0.6) is 11.5 Å². The van der Waals surface area contributed by atoms with Gasteiger partial charge in [0.05, 0.1) is 17.2 Å². The molecule has 1 saturated heterocycles. The minimum Gasteiger partial charge on any atom is -0.490 e. The van der Waals surface area contributed by atoms with Gasteiger partial charge < -0.3 is 9.47 Å².